The Morgan fingerprint density at radius 3 is 2.73 bits per heavy atom. The van der Waals surface area contributed by atoms with Crippen LogP contribution in [0, 0.1) is 5.82 Å². The molecule has 0 aliphatic carbocycles. The Bertz CT molecular complexity index is 1100. The van der Waals surface area contributed by atoms with Crippen LogP contribution in [0.3, 0.4) is 0 Å². The first-order valence-corrected chi connectivity index (χ1v) is 9.56. The van der Waals surface area contributed by atoms with E-state index in [0.29, 0.717) is 28.8 Å². The van der Waals surface area contributed by atoms with E-state index in [2.05, 4.69) is 11.6 Å². The van der Waals surface area contributed by atoms with Crippen LogP contribution in [0.4, 0.5) is 4.39 Å². The van der Waals surface area contributed by atoms with Gasteiger partial charge in [0.15, 0.2) is 5.58 Å². The number of halogens is 1. The van der Waals surface area contributed by atoms with E-state index in [-0.39, 0.29) is 23.4 Å². The number of methoxy groups -OCH3 is 1. The summed E-state index contributed by atoms with van der Waals surface area (Å²) in [5.74, 6) is -1.53. The molecule has 6 nitrogen and oxygen atoms in total. The van der Waals surface area contributed by atoms with Crippen LogP contribution in [0.2, 0.25) is 0 Å². The van der Waals surface area contributed by atoms with Crippen molar-refractivity contribution in [3.8, 4) is 11.5 Å². The maximum atomic E-state index is 14.8. The Balaban J connectivity index is 1.87. The highest BCUT2D eigenvalue weighted by Crippen LogP contribution is 2.30. The Morgan fingerprint density at radius 1 is 1.23 bits per heavy atom. The summed E-state index contributed by atoms with van der Waals surface area (Å²) < 4.78 is 30.3. The molecule has 3 aromatic rings. The number of esters is 2. The molecule has 0 aliphatic heterocycles. The molecule has 156 valence electrons. The molecule has 30 heavy (non-hydrogen) atoms. The largest absolute Gasteiger partial charge is 0.469 e. The number of para-hydroxylation sites is 1. The molecule has 0 unspecified atom stereocenters. The molecule has 0 amide bonds. The number of hydrogen-bond donors (Lipinski definition) is 0. The molecule has 3 rings (SSSR count). The maximum Gasteiger partial charge on any atom is 0.338 e. The number of fused-ring (bicyclic) bond motifs is 1. The van der Waals surface area contributed by atoms with Gasteiger partial charge in [-0.05, 0) is 35.7 Å². The summed E-state index contributed by atoms with van der Waals surface area (Å²) >= 11 is 0. The molecule has 0 saturated carbocycles. The summed E-state index contributed by atoms with van der Waals surface area (Å²) in [7, 11) is 1.31. The second-order valence-electron chi connectivity index (χ2n) is 6.70. The lowest BCUT2D eigenvalue weighted by Gasteiger charge is -2.08. The monoisotopic (exact) mass is 411 g/mol. The zero-order valence-corrected chi connectivity index (χ0v) is 16.9. The molecule has 7 heteroatoms. The first kappa shape index (κ1) is 21.2. The highest BCUT2D eigenvalue weighted by atomic mass is 19.1. The molecule has 0 saturated heterocycles. The number of nitrogens with zero attached hydrogens (tertiary/aromatic N) is 1. The predicted molar refractivity (Wildman–Crippen MR) is 110 cm³/mol. The highest BCUT2D eigenvalue weighted by molar-refractivity contribution is 6.15. The minimum absolute atomic E-state index is 0.0290. The zero-order valence-electron chi connectivity index (χ0n) is 16.9. The summed E-state index contributed by atoms with van der Waals surface area (Å²) in [6.45, 7) is 5.99. The van der Waals surface area contributed by atoms with Gasteiger partial charge in [-0.15, -0.1) is 0 Å². The number of unbranched alkanes of at least 4 members (excludes halogenated alkanes) is 1. The van der Waals surface area contributed by atoms with Gasteiger partial charge in [0.05, 0.1) is 31.3 Å². The van der Waals surface area contributed by atoms with E-state index in [9.17, 15) is 14.0 Å². The van der Waals surface area contributed by atoms with E-state index in [1.165, 1.54) is 19.2 Å². The fourth-order valence-corrected chi connectivity index (χ4v) is 2.88. The number of benzene rings is 2. The van der Waals surface area contributed by atoms with Gasteiger partial charge in [-0.3, -0.25) is 4.79 Å². The van der Waals surface area contributed by atoms with Crippen LogP contribution < -0.4 is 0 Å². The summed E-state index contributed by atoms with van der Waals surface area (Å²) in [5, 5.41) is 0. The SMILES string of the molecule is C=C(C(=O)OCCCC)c1ccc(-c2nc3c(CC(=O)OC)cccc3o2)c(F)c1. The molecule has 0 radical (unpaired) electrons. The third-order valence-corrected chi connectivity index (χ3v) is 4.59. The van der Waals surface area contributed by atoms with Crippen LogP contribution in [0.1, 0.15) is 30.9 Å². The second kappa shape index (κ2) is 9.35. The second-order valence-corrected chi connectivity index (χ2v) is 6.70. The Labute approximate surface area is 173 Å². The number of rotatable bonds is 8. The third-order valence-electron chi connectivity index (χ3n) is 4.59. The van der Waals surface area contributed by atoms with Gasteiger partial charge >= 0.3 is 11.9 Å². The van der Waals surface area contributed by atoms with Crippen LogP contribution in [-0.4, -0.2) is 30.6 Å². The van der Waals surface area contributed by atoms with E-state index < -0.39 is 17.8 Å². The Kier molecular flexibility index (Phi) is 6.61. The molecular formula is C23H22FNO5. The van der Waals surface area contributed by atoms with Gasteiger partial charge < -0.3 is 13.9 Å². The highest BCUT2D eigenvalue weighted by Gasteiger charge is 2.18. The quantitative estimate of drug-likeness (QED) is 0.304. The van der Waals surface area contributed by atoms with Crippen molar-refractivity contribution in [3.05, 3.63) is 59.9 Å². The van der Waals surface area contributed by atoms with Crippen LogP contribution in [-0.2, 0) is 25.5 Å². The van der Waals surface area contributed by atoms with Gasteiger partial charge in [0.2, 0.25) is 5.89 Å². The van der Waals surface area contributed by atoms with Gasteiger partial charge in [-0.2, -0.15) is 0 Å². The van der Waals surface area contributed by atoms with Crippen LogP contribution in [0.15, 0.2) is 47.4 Å². The van der Waals surface area contributed by atoms with Crippen molar-refractivity contribution in [2.45, 2.75) is 26.2 Å². The van der Waals surface area contributed by atoms with Crippen molar-refractivity contribution < 1.29 is 27.9 Å². The summed E-state index contributed by atoms with van der Waals surface area (Å²) in [6, 6.07) is 9.38. The van der Waals surface area contributed by atoms with E-state index in [0.717, 1.165) is 12.8 Å². The van der Waals surface area contributed by atoms with E-state index >= 15 is 0 Å². The molecule has 2 aromatic carbocycles. The number of aromatic nitrogens is 1. The molecular weight excluding hydrogens is 389 g/mol. The molecule has 0 aliphatic rings. The number of hydrogen-bond acceptors (Lipinski definition) is 6. The lowest BCUT2D eigenvalue weighted by Crippen LogP contribution is -2.07. The summed E-state index contributed by atoms with van der Waals surface area (Å²) in [5.41, 5.74) is 2.04. The van der Waals surface area contributed by atoms with Crippen molar-refractivity contribution >= 4 is 28.6 Å². The lowest BCUT2D eigenvalue weighted by atomic mass is 10.0. The van der Waals surface area contributed by atoms with Crippen LogP contribution in [0.5, 0.6) is 0 Å². The maximum absolute atomic E-state index is 14.8. The summed E-state index contributed by atoms with van der Waals surface area (Å²) in [6.07, 6.45) is 1.68. The average molecular weight is 411 g/mol. The Morgan fingerprint density at radius 2 is 2.03 bits per heavy atom. The molecule has 0 bridgehead atoms. The van der Waals surface area contributed by atoms with E-state index in [1.807, 2.05) is 6.92 Å². The van der Waals surface area contributed by atoms with Crippen molar-refractivity contribution in [3.63, 3.8) is 0 Å². The standard InChI is InChI=1S/C23H22FNO5/c1-4-5-11-29-23(27)14(2)15-9-10-17(18(24)12-15)22-25-21-16(13-20(26)28-3)7-6-8-19(21)30-22/h6-10,12H,2,4-5,11,13H2,1,3H3. The summed E-state index contributed by atoms with van der Waals surface area (Å²) in [4.78, 5) is 28.0. The van der Waals surface area contributed by atoms with Gasteiger partial charge in [-0.25, -0.2) is 14.2 Å². The van der Waals surface area contributed by atoms with Crippen molar-refractivity contribution in [2.24, 2.45) is 0 Å². The smallest absolute Gasteiger partial charge is 0.338 e. The molecule has 0 atom stereocenters. The fraction of sp³-hybridized carbons (Fsp3) is 0.261. The zero-order chi connectivity index (χ0) is 21.7. The first-order valence-electron chi connectivity index (χ1n) is 9.56. The van der Waals surface area contributed by atoms with Crippen LogP contribution >= 0.6 is 0 Å². The Hall–Kier alpha value is -3.48. The molecule has 0 N–H and O–H groups in total. The van der Waals surface area contributed by atoms with E-state index in [4.69, 9.17) is 13.9 Å². The molecule has 1 heterocycles. The average Bonchev–Trinajstić information content (AvgIpc) is 3.18. The van der Waals surface area contributed by atoms with Crippen molar-refractivity contribution in [2.75, 3.05) is 13.7 Å². The minimum Gasteiger partial charge on any atom is -0.469 e. The first-order chi connectivity index (χ1) is 14.4. The number of carbonyl (C=O) groups is 2. The molecule has 1 aromatic heterocycles. The minimum atomic E-state index is -0.615. The third kappa shape index (κ3) is 4.56. The number of ether oxygens (including phenoxy) is 2. The van der Waals surface area contributed by atoms with Crippen molar-refractivity contribution in [1.82, 2.24) is 4.98 Å². The van der Waals surface area contributed by atoms with Crippen LogP contribution in [0.25, 0.3) is 28.1 Å². The fourth-order valence-electron chi connectivity index (χ4n) is 2.88. The predicted octanol–water partition coefficient (Wildman–Crippen LogP) is 4.71. The molecule has 0 spiro atoms. The van der Waals surface area contributed by atoms with Gasteiger partial charge in [-0.1, -0.05) is 38.1 Å². The normalized spacial score (nSPS) is 10.8. The number of carbonyl (C=O) groups excluding carboxylic acids is 2. The van der Waals surface area contributed by atoms with Gasteiger partial charge in [0.25, 0.3) is 0 Å². The lowest BCUT2D eigenvalue weighted by molar-refractivity contribution is -0.140. The van der Waals surface area contributed by atoms with E-state index in [1.54, 1.807) is 24.3 Å². The molecule has 0 fully saturated rings. The number of oxazole rings is 1. The van der Waals surface area contributed by atoms with Gasteiger partial charge in [0, 0.05) is 0 Å². The van der Waals surface area contributed by atoms with Gasteiger partial charge in [0.1, 0.15) is 11.3 Å². The van der Waals surface area contributed by atoms with Crippen molar-refractivity contribution in [1.29, 1.82) is 0 Å². The topological polar surface area (TPSA) is 78.6 Å².